The van der Waals surface area contributed by atoms with Crippen molar-refractivity contribution in [2.24, 2.45) is 0 Å². The number of benzene rings is 1. The second kappa shape index (κ2) is 7.17. The number of halogens is 4. The van der Waals surface area contributed by atoms with Crippen molar-refractivity contribution >= 4 is 11.6 Å². The zero-order valence-electron chi connectivity index (χ0n) is 15.8. The summed E-state index contributed by atoms with van der Waals surface area (Å²) >= 11 is 6.10. The van der Waals surface area contributed by atoms with E-state index in [1.807, 2.05) is 6.07 Å². The summed E-state index contributed by atoms with van der Waals surface area (Å²) in [7, 11) is 0. The van der Waals surface area contributed by atoms with Gasteiger partial charge in [-0.05, 0) is 38.1 Å². The first-order valence-corrected chi connectivity index (χ1v) is 9.22. The molecule has 0 atom stereocenters. The highest BCUT2D eigenvalue weighted by molar-refractivity contribution is 6.32. The van der Waals surface area contributed by atoms with Crippen LogP contribution in [0.3, 0.4) is 0 Å². The van der Waals surface area contributed by atoms with Crippen molar-refractivity contribution < 1.29 is 13.2 Å². The number of nitrogens with zero attached hydrogens (tertiary/aromatic N) is 4. The molecule has 154 valence electrons. The van der Waals surface area contributed by atoms with Gasteiger partial charge in [-0.3, -0.25) is 9.89 Å². The van der Waals surface area contributed by atoms with E-state index < -0.39 is 11.7 Å². The normalized spacial score (nSPS) is 11.8. The molecular formula is C20H15ClF3N5O. The monoisotopic (exact) mass is 433 g/mol. The predicted molar refractivity (Wildman–Crippen MR) is 106 cm³/mol. The highest BCUT2D eigenvalue weighted by Crippen LogP contribution is 2.33. The molecule has 0 radical (unpaired) electrons. The minimum absolute atomic E-state index is 0.000900. The van der Waals surface area contributed by atoms with Gasteiger partial charge in [-0.15, -0.1) is 0 Å². The number of H-pyrrole nitrogens is 1. The maximum atomic E-state index is 13.1. The van der Waals surface area contributed by atoms with Gasteiger partial charge in [-0.1, -0.05) is 29.8 Å². The molecule has 10 heteroatoms. The second-order valence-corrected chi connectivity index (χ2v) is 7.11. The molecule has 1 aromatic carbocycles. The molecule has 0 aliphatic carbocycles. The van der Waals surface area contributed by atoms with Crippen LogP contribution < -0.4 is 5.56 Å². The second-order valence-electron chi connectivity index (χ2n) is 6.70. The third-order valence-corrected chi connectivity index (χ3v) is 4.80. The average Bonchev–Trinajstić information content (AvgIpc) is 3.20. The lowest BCUT2D eigenvalue weighted by Crippen LogP contribution is -2.17. The van der Waals surface area contributed by atoms with Crippen LogP contribution in [-0.2, 0) is 6.18 Å². The van der Waals surface area contributed by atoms with Crippen LogP contribution in [0.2, 0.25) is 5.02 Å². The molecule has 3 aromatic heterocycles. The van der Waals surface area contributed by atoms with Gasteiger partial charge in [0.1, 0.15) is 0 Å². The zero-order chi connectivity index (χ0) is 21.6. The number of nitrogens with one attached hydrogen (secondary N) is 1. The minimum atomic E-state index is -4.57. The predicted octanol–water partition coefficient (Wildman–Crippen LogP) is 4.70. The summed E-state index contributed by atoms with van der Waals surface area (Å²) in [5, 5.41) is 7.09. The van der Waals surface area contributed by atoms with Crippen LogP contribution in [0.4, 0.5) is 13.2 Å². The first-order valence-electron chi connectivity index (χ1n) is 8.84. The van der Waals surface area contributed by atoms with Crippen molar-refractivity contribution in [3.05, 3.63) is 81.0 Å². The average molecular weight is 434 g/mol. The van der Waals surface area contributed by atoms with Crippen LogP contribution in [0.15, 0.2) is 53.5 Å². The molecule has 0 saturated heterocycles. The van der Waals surface area contributed by atoms with E-state index in [1.165, 1.54) is 9.36 Å². The van der Waals surface area contributed by atoms with Crippen molar-refractivity contribution in [2.75, 3.05) is 0 Å². The molecule has 0 fully saturated rings. The number of pyridine rings is 1. The fourth-order valence-corrected chi connectivity index (χ4v) is 3.43. The molecule has 30 heavy (non-hydrogen) atoms. The molecule has 0 saturated carbocycles. The minimum Gasteiger partial charge on any atom is -0.295 e. The Morgan fingerprint density at radius 2 is 1.80 bits per heavy atom. The molecule has 0 unspecified atom stereocenters. The molecule has 0 bridgehead atoms. The van der Waals surface area contributed by atoms with Crippen LogP contribution in [0.1, 0.15) is 17.0 Å². The van der Waals surface area contributed by atoms with Crippen LogP contribution in [-0.4, -0.2) is 24.5 Å². The maximum Gasteiger partial charge on any atom is 0.417 e. The zero-order valence-corrected chi connectivity index (χ0v) is 16.6. The molecule has 4 rings (SSSR count). The van der Waals surface area contributed by atoms with Crippen molar-refractivity contribution in [1.29, 1.82) is 0 Å². The first kappa shape index (κ1) is 20.0. The Balaban J connectivity index is 1.89. The van der Waals surface area contributed by atoms with E-state index in [1.54, 1.807) is 44.2 Å². The quantitative estimate of drug-likeness (QED) is 0.509. The highest BCUT2D eigenvalue weighted by Gasteiger charge is 2.32. The van der Waals surface area contributed by atoms with Gasteiger partial charge in [0, 0.05) is 11.9 Å². The molecule has 0 amide bonds. The summed E-state index contributed by atoms with van der Waals surface area (Å²) in [5.41, 5.74) is 1.15. The Morgan fingerprint density at radius 1 is 1.10 bits per heavy atom. The molecular weight excluding hydrogens is 419 g/mol. The topological polar surface area (TPSA) is 68.5 Å². The number of hydrogen-bond donors (Lipinski definition) is 1. The summed E-state index contributed by atoms with van der Waals surface area (Å²) in [6, 6.07) is 11.4. The van der Waals surface area contributed by atoms with E-state index >= 15 is 0 Å². The highest BCUT2D eigenvalue weighted by atomic mass is 35.5. The van der Waals surface area contributed by atoms with Gasteiger partial charge < -0.3 is 0 Å². The van der Waals surface area contributed by atoms with Gasteiger partial charge in [-0.25, -0.2) is 14.3 Å². The third kappa shape index (κ3) is 3.41. The van der Waals surface area contributed by atoms with Crippen LogP contribution in [0.5, 0.6) is 0 Å². The van der Waals surface area contributed by atoms with E-state index in [4.69, 9.17) is 11.6 Å². The van der Waals surface area contributed by atoms with Gasteiger partial charge >= 0.3 is 6.18 Å². The standard InChI is InChI=1S/C20H15ClF3N5O/c1-11-8-16(17-12(2)27-28(19(17)30)14-6-4-3-5-7-14)29(26-11)18-15(21)9-13(10-25-18)20(22,23)24/h3-10,27H,1-2H3. The fraction of sp³-hybridized carbons (Fsp3) is 0.150. The van der Waals surface area contributed by atoms with Gasteiger partial charge in [0.05, 0.1) is 33.2 Å². The van der Waals surface area contributed by atoms with Gasteiger partial charge in [0.15, 0.2) is 5.82 Å². The van der Waals surface area contributed by atoms with Crippen LogP contribution in [0, 0.1) is 13.8 Å². The van der Waals surface area contributed by atoms with E-state index in [-0.39, 0.29) is 16.4 Å². The van der Waals surface area contributed by atoms with Crippen molar-refractivity contribution in [1.82, 2.24) is 24.5 Å². The Bertz CT molecular complexity index is 1290. The van der Waals surface area contributed by atoms with Gasteiger partial charge in [0.2, 0.25) is 0 Å². The number of hydrogen-bond acceptors (Lipinski definition) is 3. The largest absolute Gasteiger partial charge is 0.417 e. The van der Waals surface area contributed by atoms with Gasteiger partial charge in [-0.2, -0.15) is 18.3 Å². The number of aryl methyl sites for hydroxylation is 2. The molecule has 3 heterocycles. The number of aromatic amines is 1. The fourth-order valence-electron chi connectivity index (χ4n) is 3.19. The van der Waals surface area contributed by atoms with E-state index in [2.05, 4.69) is 15.2 Å². The van der Waals surface area contributed by atoms with Crippen molar-refractivity contribution in [3.8, 4) is 22.8 Å². The van der Waals surface area contributed by atoms with Crippen LogP contribution in [0.25, 0.3) is 22.8 Å². The van der Waals surface area contributed by atoms with Crippen LogP contribution >= 0.6 is 11.6 Å². The molecule has 0 aliphatic heterocycles. The lowest BCUT2D eigenvalue weighted by atomic mass is 10.1. The first-order chi connectivity index (χ1) is 14.2. The maximum absolute atomic E-state index is 13.1. The third-order valence-electron chi connectivity index (χ3n) is 4.52. The van der Waals surface area contributed by atoms with E-state index in [9.17, 15) is 18.0 Å². The molecule has 6 nitrogen and oxygen atoms in total. The Morgan fingerprint density at radius 3 is 2.43 bits per heavy atom. The Kier molecular flexibility index (Phi) is 4.77. The number of aromatic nitrogens is 5. The summed E-state index contributed by atoms with van der Waals surface area (Å²) in [4.78, 5) is 17.0. The molecule has 0 spiro atoms. The smallest absolute Gasteiger partial charge is 0.295 e. The number of alkyl halides is 3. The summed E-state index contributed by atoms with van der Waals surface area (Å²) in [5.74, 6) is -0.000900. The lowest BCUT2D eigenvalue weighted by Gasteiger charge is -2.11. The molecule has 1 N–H and O–H groups in total. The molecule has 4 aromatic rings. The van der Waals surface area contributed by atoms with E-state index in [0.717, 1.165) is 6.07 Å². The number of para-hydroxylation sites is 1. The van der Waals surface area contributed by atoms with Crippen molar-refractivity contribution in [3.63, 3.8) is 0 Å². The lowest BCUT2D eigenvalue weighted by molar-refractivity contribution is -0.137. The number of rotatable bonds is 3. The van der Waals surface area contributed by atoms with E-state index in [0.29, 0.717) is 34.5 Å². The van der Waals surface area contributed by atoms with Crippen molar-refractivity contribution in [2.45, 2.75) is 20.0 Å². The Labute approximate surface area is 173 Å². The summed E-state index contributed by atoms with van der Waals surface area (Å²) < 4.78 is 41.5. The van der Waals surface area contributed by atoms with Gasteiger partial charge in [0.25, 0.3) is 5.56 Å². The summed E-state index contributed by atoms with van der Waals surface area (Å²) in [6.07, 6.45) is -3.88. The molecule has 0 aliphatic rings. The Hall–Kier alpha value is -3.33. The summed E-state index contributed by atoms with van der Waals surface area (Å²) in [6.45, 7) is 3.43. The SMILES string of the molecule is Cc1cc(-c2c(C)[nH]n(-c3ccccc3)c2=O)n(-c2ncc(C(F)(F)F)cc2Cl)n1.